The molecule has 1 aliphatic rings. The maximum Gasteiger partial charge on any atom is 0.270 e. The Morgan fingerprint density at radius 2 is 2.04 bits per heavy atom. The van der Waals surface area contributed by atoms with Crippen molar-refractivity contribution in [2.45, 2.75) is 46.3 Å². The van der Waals surface area contributed by atoms with Crippen LogP contribution in [0.4, 0.5) is 5.69 Å². The molecule has 23 heavy (non-hydrogen) atoms. The van der Waals surface area contributed by atoms with Gasteiger partial charge in [0.25, 0.3) is 11.8 Å². The third kappa shape index (κ3) is 3.32. The molecule has 0 aliphatic carbocycles. The molecule has 2 rings (SSSR count). The summed E-state index contributed by atoms with van der Waals surface area (Å²) in [5.41, 5.74) is 0.784. The van der Waals surface area contributed by atoms with Crippen LogP contribution in [0.1, 0.15) is 43.6 Å². The number of amides is 2. The molecule has 6 heteroatoms. The van der Waals surface area contributed by atoms with Crippen LogP contribution in [0.25, 0.3) is 0 Å². The van der Waals surface area contributed by atoms with E-state index >= 15 is 0 Å². The van der Waals surface area contributed by atoms with Gasteiger partial charge in [-0.2, -0.15) is 0 Å². The fourth-order valence-electron chi connectivity index (χ4n) is 2.62. The summed E-state index contributed by atoms with van der Waals surface area (Å²) in [6.07, 6.45) is 0. The van der Waals surface area contributed by atoms with Crippen LogP contribution in [0.5, 0.6) is 5.75 Å². The first-order valence-electron chi connectivity index (χ1n) is 7.74. The lowest BCUT2D eigenvalue weighted by molar-refractivity contribution is -0.132. The lowest BCUT2D eigenvalue weighted by Crippen LogP contribution is -2.53. The molecule has 1 aliphatic heterocycles. The largest absolute Gasteiger partial charge is 0.476 e. The highest BCUT2D eigenvalue weighted by molar-refractivity contribution is 6.04. The van der Waals surface area contributed by atoms with Crippen LogP contribution in [-0.4, -0.2) is 41.7 Å². The van der Waals surface area contributed by atoms with Crippen LogP contribution in [0.15, 0.2) is 12.1 Å². The Kier molecular flexibility index (Phi) is 4.66. The average Bonchev–Trinajstić information content (AvgIpc) is 2.42. The molecular formula is C17H24N2O4. The highest BCUT2D eigenvalue weighted by Gasteiger charge is 2.41. The number of anilines is 1. The molecular weight excluding hydrogens is 296 g/mol. The van der Waals surface area contributed by atoms with Crippen molar-refractivity contribution in [2.75, 3.05) is 18.1 Å². The monoisotopic (exact) mass is 320 g/mol. The molecule has 6 nitrogen and oxygen atoms in total. The van der Waals surface area contributed by atoms with Crippen LogP contribution in [0, 0.1) is 6.92 Å². The van der Waals surface area contributed by atoms with Gasteiger partial charge in [-0.15, -0.1) is 0 Å². The molecule has 0 radical (unpaired) electrons. The fourth-order valence-corrected chi connectivity index (χ4v) is 2.62. The van der Waals surface area contributed by atoms with E-state index in [1.807, 2.05) is 20.8 Å². The summed E-state index contributed by atoms with van der Waals surface area (Å²) >= 11 is 0. The zero-order valence-electron chi connectivity index (χ0n) is 14.3. The normalized spacial score (nSPS) is 16.1. The number of carbonyl (C=O) groups excluding carboxylic acids is 2. The van der Waals surface area contributed by atoms with Gasteiger partial charge in [-0.3, -0.25) is 9.59 Å². The van der Waals surface area contributed by atoms with Crippen molar-refractivity contribution in [1.29, 1.82) is 0 Å². The van der Waals surface area contributed by atoms with Crippen molar-refractivity contribution in [2.24, 2.45) is 0 Å². The summed E-state index contributed by atoms with van der Waals surface area (Å²) < 4.78 is 5.80. The second-order valence-electron chi connectivity index (χ2n) is 6.56. The van der Waals surface area contributed by atoms with Gasteiger partial charge >= 0.3 is 0 Å². The number of ether oxygens (including phenoxy) is 1. The van der Waals surface area contributed by atoms with E-state index in [9.17, 15) is 14.7 Å². The first-order chi connectivity index (χ1) is 10.7. The maximum atomic E-state index is 12.5. The first kappa shape index (κ1) is 17.3. The topological polar surface area (TPSA) is 78.9 Å². The molecule has 0 unspecified atom stereocenters. The molecule has 2 amide bonds. The average molecular weight is 320 g/mol. The van der Waals surface area contributed by atoms with E-state index in [2.05, 4.69) is 5.32 Å². The lowest BCUT2D eigenvalue weighted by atomic mass is 10.00. The predicted octanol–water partition coefficient (Wildman–Crippen LogP) is 1.63. The Morgan fingerprint density at radius 1 is 1.39 bits per heavy atom. The zero-order chi connectivity index (χ0) is 17.4. The van der Waals surface area contributed by atoms with Gasteiger partial charge in [0.1, 0.15) is 5.75 Å². The summed E-state index contributed by atoms with van der Waals surface area (Å²) in [5.74, 6) is 0.112. The van der Waals surface area contributed by atoms with Crippen LogP contribution in [0.3, 0.4) is 0 Å². The second kappa shape index (κ2) is 6.20. The van der Waals surface area contributed by atoms with Crippen molar-refractivity contribution in [3.63, 3.8) is 0 Å². The standard InChI is InChI=1S/C17H24N2O4/c1-10(2)18-15(21)12-9-13-14(8-11(12)3)23-17(4,5)16(22)19(13)6-7-20/h8-10,20H,6-7H2,1-5H3,(H,18,21). The van der Waals surface area contributed by atoms with Crippen LogP contribution in [0.2, 0.25) is 0 Å². The fraction of sp³-hybridized carbons (Fsp3) is 0.529. The second-order valence-corrected chi connectivity index (χ2v) is 6.56. The van der Waals surface area contributed by atoms with Crippen molar-refractivity contribution in [1.82, 2.24) is 5.32 Å². The first-order valence-corrected chi connectivity index (χ1v) is 7.74. The Morgan fingerprint density at radius 3 is 2.61 bits per heavy atom. The van der Waals surface area contributed by atoms with Crippen molar-refractivity contribution >= 4 is 17.5 Å². The highest BCUT2D eigenvalue weighted by Crippen LogP contribution is 2.39. The summed E-state index contributed by atoms with van der Waals surface area (Å²) in [6.45, 7) is 8.99. The van der Waals surface area contributed by atoms with Gasteiger partial charge in [0.05, 0.1) is 12.3 Å². The molecule has 1 heterocycles. The highest BCUT2D eigenvalue weighted by atomic mass is 16.5. The molecule has 1 aromatic carbocycles. The van der Waals surface area contributed by atoms with Crippen molar-refractivity contribution in [3.8, 4) is 5.75 Å². The zero-order valence-corrected chi connectivity index (χ0v) is 14.3. The van der Waals surface area contributed by atoms with E-state index in [-0.39, 0.29) is 31.0 Å². The maximum absolute atomic E-state index is 12.5. The number of β-amino-alcohol motifs (C(OH)–C–C–N with tert-alkyl or cyclic N) is 1. The van der Waals surface area contributed by atoms with E-state index in [4.69, 9.17) is 4.74 Å². The molecule has 0 saturated heterocycles. The van der Waals surface area contributed by atoms with Gasteiger partial charge in [-0.25, -0.2) is 0 Å². The minimum Gasteiger partial charge on any atom is -0.476 e. The summed E-state index contributed by atoms with van der Waals surface area (Å²) in [7, 11) is 0. The number of hydrogen-bond acceptors (Lipinski definition) is 4. The van der Waals surface area contributed by atoms with E-state index in [0.29, 0.717) is 17.0 Å². The number of aryl methyl sites for hydroxylation is 1. The molecule has 1 aromatic rings. The van der Waals surface area contributed by atoms with Crippen LogP contribution < -0.4 is 15.0 Å². The predicted molar refractivity (Wildman–Crippen MR) is 87.9 cm³/mol. The third-order valence-electron chi connectivity index (χ3n) is 3.71. The quantitative estimate of drug-likeness (QED) is 0.884. The van der Waals surface area contributed by atoms with E-state index < -0.39 is 5.60 Å². The molecule has 0 spiro atoms. The number of rotatable bonds is 4. The lowest BCUT2D eigenvalue weighted by Gasteiger charge is -2.39. The van der Waals surface area contributed by atoms with Crippen molar-refractivity contribution in [3.05, 3.63) is 23.3 Å². The molecule has 0 aromatic heterocycles. The molecule has 0 atom stereocenters. The number of carbonyl (C=O) groups is 2. The van der Waals surface area contributed by atoms with Gasteiger partial charge in [0.15, 0.2) is 5.60 Å². The van der Waals surface area contributed by atoms with Gasteiger partial charge in [-0.05, 0) is 52.3 Å². The van der Waals surface area contributed by atoms with Gasteiger partial charge in [-0.1, -0.05) is 0 Å². The SMILES string of the molecule is Cc1cc2c(cc1C(=O)NC(C)C)N(CCO)C(=O)C(C)(C)O2. The van der Waals surface area contributed by atoms with E-state index in [1.54, 1.807) is 26.0 Å². The molecule has 126 valence electrons. The number of benzene rings is 1. The van der Waals surface area contributed by atoms with Gasteiger partial charge in [0, 0.05) is 18.2 Å². The third-order valence-corrected chi connectivity index (χ3v) is 3.71. The van der Waals surface area contributed by atoms with Gasteiger partial charge in [0.2, 0.25) is 0 Å². The smallest absolute Gasteiger partial charge is 0.270 e. The molecule has 2 N–H and O–H groups in total. The molecule has 0 saturated carbocycles. The number of aliphatic hydroxyl groups excluding tert-OH is 1. The van der Waals surface area contributed by atoms with Crippen LogP contribution in [-0.2, 0) is 4.79 Å². The van der Waals surface area contributed by atoms with Crippen molar-refractivity contribution < 1.29 is 19.4 Å². The van der Waals surface area contributed by atoms with Crippen LogP contribution >= 0.6 is 0 Å². The number of nitrogens with zero attached hydrogens (tertiary/aromatic N) is 1. The minimum atomic E-state index is -1.00. The molecule has 0 bridgehead atoms. The summed E-state index contributed by atoms with van der Waals surface area (Å²) in [5, 5.41) is 12.1. The summed E-state index contributed by atoms with van der Waals surface area (Å²) in [4.78, 5) is 26.3. The van der Waals surface area contributed by atoms with E-state index in [1.165, 1.54) is 4.90 Å². The Bertz CT molecular complexity index is 638. The number of fused-ring (bicyclic) bond motifs is 1. The number of hydrogen-bond donors (Lipinski definition) is 2. The summed E-state index contributed by atoms with van der Waals surface area (Å²) in [6, 6.07) is 3.44. The van der Waals surface area contributed by atoms with E-state index in [0.717, 1.165) is 5.56 Å². The molecule has 0 fully saturated rings. The minimum absolute atomic E-state index is 0.0169. The van der Waals surface area contributed by atoms with Gasteiger partial charge < -0.3 is 20.1 Å². The Hall–Kier alpha value is -2.08. The number of aliphatic hydroxyl groups is 1. The Balaban J connectivity index is 2.52. The number of nitrogens with one attached hydrogen (secondary N) is 1. The Labute approximate surface area is 136 Å².